The fourth-order valence-corrected chi connectivity index (χ4v) is 1.47. The van der Waals surface area contributed by atoms with Crippen LogP contribution < -0.4 is 10.6 Å². The van der Waals surface area contributed by atoms with Crippen LogP contribution in [0, 0.1) is 0 Å². The van der Waals surface area contributed by atoms with Crippen molar-refractivity contribution in [2.45, 2.75) is 12.8 Å². The van der Waals surface area contributed by atoms with Gasteiger partial charge >= 0.3 is 0 Å². The molecule has 2 heterocycles. The summed E-state index contributed by atoms with van der Waals surface area (Å²) in [5.74, 6) is 1.41. The van der Waals surface area contributed by atoms with Gasteiger partial charge in [0.05, 0.1) is 12.4 Å². The predicted molar refractivity (Wildman–Crippen MR) is 47.9 cm³/mol. The highest BCUT2D eigenvalue weighted by Gasteiger charge is 2.13. The van der Waals surface area contributed by atoms with Gasteiger partial charge in [0.25, 0.3) is 0 Å². The van der Waals surface area contributed by atoms with E-state index in [0.717, 1.165) is 18.9 Å². The minimum absolute atomic E-state index is 0.499. The number of nitrogens with zero attached hydrogens (tertiary/aromatic N) is 3. The van der Waals surface area contributed by atoms with Crippen LogP contribution in [0.3, 0.4) is 0 Å². The van der Waals surface area contributed by atoms with Crippen molar-refractivity contribution in [3.63, 3.8) is 0 Å². The van der Waals surface area contributed by atoms with Crippen LogP contribution in [-0.2, 0) is 0 Å². The normalized spacial score (nSPS) is 16.8. The van der Waals surface area contributed by atoms with Crippen molar-refractivity contribution in [2.75, 3.05) is 23.7 Å². The van der Waals surface area contributed by atoms with Gasteiger partial charge in [-0.05, 0) is 12.8 Å². The maximum Gasteiger partial charge on any atom is 0.149 e. The minimum Gasteiger partial charge on any atom is -0.382 e. The molecule has 4 nitrogen and oxygen atoms in total. The molecule has 1 aliphatic rings. The highest BCUT2D eigenvalue weighted by molar-refractivity contribution is 5.41. The van der Waals surface area contributed by atoms with Gasteiger partial charge < -0.3 is 10.6 Å². The molecule has 0 bridgehead atoms. The summed E-state index contributed by atoms with van der Waals surface area (Å²) in [7, 11) is 0. The van der Waals surface area contributed by atoms with E-state index in [9.17, 15) is 0 Å². The van der Waals surface area contributed by atoms with E-state index in [1.807, 2.05) is 0 Å². The van der Waals surface area contributed by atoms with Gasteiger partial charge in [-0.1, -0.05) is 0 Å². The van der Waals surface area contributed by atoms with E-state index >= 15 is 0 Å². The summed E-state index contributed by atoms with van der Waals surface area (Å²) < 4.78 is 0. The molecule has 0 spiro atoms. The summed E-state index contributed by atoms with van der Waals surface area (Å²) in [6, 6.07) is 0. The van der Waals surface area contributed by atoms with Gasteiger partial charge in [0.15, 0.2) is 0 Å². The molecule has 1 saturated heterocycles. The fourth-order valence-electron chi connectivity index (χ4n) is 1.47. The molecule has 64 valence electrons. The lowest BCUT2D eigenvalue weighted by atomic mass is 10.4. The lowest BCUT2D eigenvalue weighted by Gasteiger charge is -2.15. The Morgan fingerprint density at radius 2 is 2.00 bits per heavy atom. The van der Waals surface area contributed by atoms with Gasteiger partial charge in [-0.3, -0.25) is 4.98 Å². The third-order valence-corrected chi connectivity index (χ3v) is 2.07. The Kier molecular flexibility index (Phi) is 1.81. The summed E-state index contributed by atoms with van der Waals surface area (Å²) >= 11 is 0. The number of hydrogen-bond acceptors (Lipinski definition) is 4. The molecule has 0 aliphatic carbocycles. The summed E-state index contributed by atoms with van der Waals surface area (Å²) in [4.78, 5) is 10.4. The first-order valence-corrected chi connectivity index (χ1v) is 4.19. The average Bonchev–Trinajstić information content (AvgIpc) is 2.56. The molecule has 1 aromatic rings. The van der Waals surface area contributed by atoms with Gasteiger partial charge in [0.2, 0.25) is 0 Å². The average molecular weight is 164 g/mol. The third-order valence-electron chi connectivity index (χ3n) is 2.07. The molecule has 12 heavy (non-hydrogen) atoms. The quantitative estimate of drug-likeness (QED) is 0.662. The number of nitrogens with two attached hydrogens (primary N) is 1. The second kappa shape index (κ2) is 2.97. The topological polar surface area (TPSA) is 55.0 Å². The first-order chi connectivity index (χ1) is 5.86. The number of aromatic nitrogens is 2. The molecule has 4 heteroatoms. The van der Waals surface area contributed by atoms with E-state index in [1.165, 1.54) is 12.8 Å². The number of rotatable bonds is 1. The van der Waals surface area contributed by atoms with Gasteiger partial charge in [-0.15, -0.1) is 0 Å². The van der Waals surface area contributed by atoms with Crippen molar-refractivity contribution in [3.05, 3.63) is 12.4 Å². The molecule has 0 saturated carbocycles. The molecule has 1 aliphatic heterocycles. The predicted octanol–water partition coefficient (Wildman–Crippen LogP) is 0.659. The highest BCUT2D eigenvalue weighted by Crippen LogP contribution is 2.16. The zero-order valence-electron chi connectivity index (χ0n) is 6.90. The van der Waals surface area contributed by atoms with Crippen molar-refractivity contribution in [1.82, 2.24) is 9.97 Å². The first-order valence-electron chi connectivity index (χ1n) is 4.19. The van der Waals surface area contributed by atoms with Crippen molar-refractivity contribution >= 4 is 11.6 Å². The highest BCUT2D eigenvalue weighted by atomic mass is 15.2. The Morgan fingerprint density at radius 3 is 2.67 bits per heavy atom. The van der Waals surface area contributed by atoms with Crippen LogP contribution in [-0.4, -0.2) is 23.1 Å². The summed E-state index contributed by atoms with van der Waals surface area (Å²) in [6.07, 6.45) is 5.83. The molecule has 0 unspecified atom stereocenters. The van der Waals surface area contributed by atoms with Crippen LogP contribution in [0.1, 0.15) is 12.8 Å². The molecule has 0 atom stereocenters. The Balaban J connectivity index is 2.21. The Labute approximate surface area is 71.4 Å². The van der Waals surface area contributed by atoms with Crippen LogP contribution in [0.4, 0.5) is 11.6 Å². The van der Waals surface area contributed by atoms with E-state index in [-0.39, 0.29) is 0 Å². The van der Waals surface area contributed by atoms with Crippen molar-refractivity contribution in [1.29, 1.82) is 0 Å². The number of hydrogen-bond donors (Lipinski definition) is 1. The van der Waals surface area contributed by atoms with E-state index < -0.39 is 0 Å². The fraction of sp³-hybridized carbons (Fsp3) is 0.500. The minimum atomic E-state index is 0.499. The Bertz CT molecular complexity index is 268. The lowest BCUT2D eigenvalue weighted by molar-refractivity contribution is 0.929. The van der Waals surface area contributed by atoms with Crippen molar-refractivity contribution < 1.29 is 0 Å². The molecule has 0 amide bonds. The molecule has 0 radical (unpaired) electrons. The molecule has 1 fully saturated rings. The zero-order valence-corrected chi connectivity index (χ0v) is 6.90. The molecule has 2 rings (SSSR count). The van der Waals surface area contributed by atoms with E-state index in [0.29, 0.717) is 5.82 Å². The maximum absolute atomic E-state index is 5.53. The van der Waals surface area contributed by atoms with Crippen molar-refractivity contribution in [2.24, 2.45) is 0 Å². The lowest BCUT2D eigenvalue weighted by Crippen LogP contribution is -2.19. The summed E-state index contributed by atoms with van der Waals surface area (Å²) in [5, 5.41) is 0. The smallest absolute Gasteiger partial charge is 0.149 e. The largest absolute Gasteiger partial charge is 0.382 e. The van der Waals surface area contributed by atoms with Crippen LogP contribution in [0.5, 0.6) is 0 Å². The summed E-state index contributed by atoms with van der Waals surface area (Å²) in [5.41, 5.74) is 5.53. The zero-order chi connectivity index (χ0) is 8.39. The molecule has 0 aromatic carbocycles. The standard InChI is InChI=1S/C8H12N4/c9-7-5-10-6-8(11-7)12-3-1-2-4-12/h5-6H,1-4H2,(H2,9,11). The van der Waals surface area contributed by atoms with E-state index in [1.54, 1.807) is 12.4 Å². The molecule has 1 aromatic heterocycles. The number of nitrogen functional groups attached to an aromatic ring is 1. The van der Waals surface area contributed by atoms with Crippen LogP contribution >= 0.6 is 0 Å². The van der Waals surface area contributed by atoms with Gasteiger partial charge in [-0.25, -0.2) is 4.98 Å². The molecular weight excluding hydrogens is 152 g/mol. The van der Waals surface area contributed by atoms with Crippen LogP contribution in [0.2, 0.25) is 0 Å². The van der Waals surface area contributed by atoms with Crippen LogP contribution in [0.15, 0.2) is 12.4 Å². The SMILES string of the molecule is Nc1cncc(N2CCCC2)n1. The van der Waals surface area contributed by atoms with Gasteiger partial charge in [0, 0.05) is 13.1 Å². The third kappa shape index (κ3) is 1.32. The molecular formula is C8H12N4. The maximum atomic E-state index is 5.53. The second-order valence-corrected chi connectivity index (χ2v) is 3.00. The van der Waals surface area contributed by atoms with Gasteiger partial charge in [0.1, 0.15) is 11.6 Å². The summed E-state index contributed by atoms with van der Waals surface area (Å²) in [6.45, 7) is 2.16. The monoisotopic (exact) mass is 164 g/mol. The Morgan fingerprint density at radius 1 is 1.25 bits per heavy atom. The first kappa shape index (κ1) is 7.34. The molecule has 2 N–H and O–H groups in total. The number of anilines is 2. The Hall–Kier alpha value is -1.32. The van der Waals surface area contributed by atoms with Gasteiger partial charge in [-0.2, -0.15) is 0 Å². The van der Waals surface area contributed by atoms with E-state index in [2.05, 4.69) is 14.9 Å². The van der Waals surface area contributed by atoms with Crippen molar-refractivity contribution in [3.8, 4) is 0 Å². The van der Waals surface area contributed by atoms with E-state index in [4.69, 9.17) is 5.73 Å². The van der Waals surface area contributed by atoms with Crippen LogP contribution in [0.25, 0.3) is 0 Å². The second-order valence-electron chi connectivity index (χ2n) is 3.00.